The Morgan fingerprint density at radius 1 is 1.39 bits per heavy atom. The van der Waals surface area contributed by atoms with E-state index in [1.54, 1.807) is 13.1 Å². The van der Waals surface area contributed by atoms with Gasteiger partial charge in [-0.15, -0.1) is 0 Å². The number of anilines is 3. The minimum atomic E-state index is -0.485. The Hall–Kier alpha value is -2.38. The number of nitrogen functional groups attached to an aromatic ring is 1. The van der Waals surface area contributed by atoms with Crippen molar-refractivity contribution in [3.8, 4) is 0 Å². The number of carbonyl (C=O) groups excluding carboxylic acids is 2. The van der Waals surface area contributed by atoms with Crippen LogP contribution in [0.2, 0.25) is 0 Å². The Morgan fingerprint density at radius 3 is 2.78 bits per heavy atom. The summed E-state index contributed by atoms with van der Waals surface area (Å²) in [5.74, 6) is 0.501. The molecule has 1 unspecified atom stereocenters. The number of carbonyl (C=O) groups is 2. The number of hydrogen-bond acceptors (Lipinski definition) is 7. The maximum atomic E-state index is 11.6. The summed E-state index contributed by atoms with van der Waals surface area (Å²) < 4.78 is 0. The highest BCUT2D eigenvalue weighted by Crippen LogP contribution is 2.15. The Balaban J connectivity index is 2.11. The van der Waals surface area contributed by atoms with Crippen molar-refractivity contribution in [3.63, 3.8) is 0 Å². The second kappa shape index (κ2) is 4.86. The molecular formula is C10H14N6O2. The van der Waals surface area contributed by atoms with E-state index in [1.807, 2.05) is 0 Å². The lowest BCUT2D eigenvalue weighted by Crippen LogP contribution is -2.47. The maximum absolute atomic E-state index is 11.6. The smallest absolute Gasteiger partial charge is 0.249 e. The lowest BCUT2D eigenvalue weighted by Gasteiger charge is -2.22. The molecule has 1 fully saturated rings. The second-order valence-corrected chi connectivity index (χ2v) is 3.89. The van der Waals surface area contributed by atoms with Crippen LogP contribution >= 0.6 is 0 Å². The van der Waals surface area contributed by atoms with Crippen molar-refractivity contribution in [2.45, 2.75) is 18.9 Å². The van der Waals surface area contributed by atoms with Crippen LogP contribution in [-0.4, -0.2) is 34.9 Å². The minimum absolute atomic E-state index is 0.108. The molecule has 1 aromatic rings. The molecule has 2 rings (SSSR count). The first kappa shape index (κ1) is 12.1. The molecule has 1 saturated heterocycles. The van der Waals surface area contributed by atoms with Gasteiger partial charge in [0.2, 0.25) is 17.8 Å². The molecule has 1 aliphatic heterocycles. The van der Waals surface area contributed by atoms with Crippen molar-refractivity contribution < 1.29 is 9.59 Å². The van der Waals surface area contributed by atoms with E-state index >= 15 is 0 Å². The standard InChI is InChI=1S/C10H14N6O2/c1-12-6-4-7(15-10(11)14-6)13-5-2-3-8(17)16-9(5)18/h4-5H,2-3H2,1H3,(H,16,17,18)(H4,11,12,13,14,15). The Kier molecular flexibility index (Phi) is 3.26. The van der Waals surface area contributed by atoms with E-state index in [4.69, 9.17) is 5.73 Å². The molecule has 0 radical (unpaired) electrons. The molecule has 2 amide bonds. The normalized spacial score (nSPS) is 19.3. The molecule has 1 atom stereocenters. The van der Waals surface area contributed by atoms with Gasteiger partial charge in [-0.25, -0.2) is 0 Å². The van der Waals surface area contributed by atoms with Crippen molar-refractivity contribution in [1.82, 2.24) is 15.3 Å². The zero-order valence-electron chi connectivity index (χ0n) is 9.86. The van der Waals surface area contributed by atoms with E-state index in [1.165, 1.54) is 0 Å². The number of piperidine rings is 1. The number of nitrogens with zero attached hydrogens (tertiary/aromatic N) is 2. The molecule has 0 saturated carbocycles. The summed E-state index contributed by atoms with van der Waals surface area (Å²) in [5.41, 5.74) is 5.54. The highest BCUT2D eigenvalue weighted by molar-refractivity contribution is 6.01. The third-order valence-corrected chi connectivity index (χ3v) is 2.56. The third-order valence-electron chi connectivity index (χ3n) is 2.56. The summed E-state index contributed by atoms with van der Waals surface area (Å²) in [7, 11) is 1.71. The number of hydrogen-bond donors (Lipinski definition) is 4. The molecular weight excluding hydrogens is 236 g/mol. The van der Waals surface area contributed by atoms with Gasteiger partial charge in [-0.2, -0.15) is 9.97 Å². The van der Waals surface area contributed by atoms with Gasteiger partial charge in [-0.3, -0.25) is 14.9 Å². The van der Waals surface area contributed by atoms with Crippen molar-refractivity contribution in [2.75, 3.05) is 23.4 Å². The molecule has 0 aliphatic carbocycles. The maximum Gasteiger partial charge on any atom is 0.249 e. The highest BCUT2D eigenvalue weighted by atomic mass is 16.2. The Labute approximate surface area is 103 Å². The van der Waals surface area contributed by atoms with Gasteiger partial charge in [0.15, 0.2) is 0 Å². The fourth-order valence-electron chi connectivity index (χ4n) is 1.68. The van der Waals surface area contributed by atoms with Crippen molar-refractivity contribution in [2.24, 2.45) is 0 Å². The molecule has 2 heterocycles. The van der Waals surface area contributed by atoms with E-state index in [2.05, 4.69) is 25.9 Å². The number of imide groups is 1. The molecule has 1 aliphatic rings. The summed E-state index contributed by atoms with van der Waals surface area (Å²) in [5, 5.41) is 8.03. The molecule has 0 spiro atoms. The summed E-state index contributed by atoms with van der Waals surface area (Å²) in [6.07, 6.45) is 0.742. The SMILES string of the molecule is CNc1cc(NC2CCC(=O)NC2=O)nc(N)n1. The average molecular weight is 250 g/mol. The lowest BCUT2D eigenvalue weighted by molar-refractivity contribution is -0.133. The van der Waals surface area contributed by atoms with Crippen LogP contribution < -0.4 is 21.7 Å². The fourth-order valence-corrected chi connectivity index (χ4v) is 1.68. The zero-order chi connectivity index (χ0) is 13.1. The number of aromatic nitrogens is 2. The molecule has 18 heavy (non-hydrogen) atoms. The number of amides is 2. The van der Waals surface area contributed by atoms with E-state index in [0.717, 1.165) is 0 Å². The van der Waals surface area contributed by atoms with E-state index < -0.39 is 6.04 Å². The lowest BCUT2D eigenvalue weighted by atomic mass is 10.1. The fraction of sp³-hybridized carbons (Fsp3) is 0.400. The summed E-state index contributed by atoms with van der Waals surface area (Å²) in [6.45, 7) is 0. The van der Waals surface area contributed by atoms with Crippen LogP contribution in [0.15, 0.2) is 6.07 Å². The van der Waals surface area contributed by atoms with Crippen LogP contribution in [0.5, 0.6) is 0 Å². The summed E-state index contributed by atoms with van der Waals surface area (Å²) in [6, 6.07) is 1.15. The molecule has 96 valence electrons. The molecule has 0 aromatic carbocycles. The van der Waals surface area contributed by atoms with Gasteiger partial charge >= 0.3 is 0 Å². The number of nitrogens with one attached hydrogen (secondary N) is 3. The van der Waals surface area contributed by atoms with Crippen LogP contribution in [0.25, 0.3) is 0 Å². The quantitative estimate of drug-likeness (QED) is 0.524. The Bertz CT molecular complexity index is 489. The van der Waals surface area contributed by atoms with Gasteiger partial charge < -0.3 is 16.4 Å². The van der Waals surface area contributed by atoms with Crippen molar-refractivity contribution >= 4 is 29.4 Å². The summed E-state index contributed by atoms with van der Waals surface area (Å²) in [4.78, 5) is 30.5. The van der Waals surface area contributed by atoms with E-state index in [9.17, 15) is 9.59 Å². The second-order valence-electron chi connectivity index (χ2n) is 3.89. The van der Waals surface area contributed by atoms with E-state index in [-0.39, 0.29) is 17.8 Å². The third kappa shape index (κ3) is 2.65. The van der Waals surface area contributed by atoms with Gasteiger partial charge in [-0.05, 0) is 6.42 Å². The highest BCUT2D eigenvalue weighted by Gasteiger charge is 2.26. The van der Waals surface area contributed by atoms with Crippen LogP contribution in [-0.2, 0) is 9.59 Å². The predicted octanol–water partition coefficient (Wildman–Crippen LogP) is -0.682. The topological polar surface area (TPSA) is 122 Å². The number of rotatable bonds is 3. The minimum Gasteiger partial charge on any atom is -0.373 e. The molecule has 8 nitrogen and oxygen atoms in total. The van der Waals surface area contributed by atoms with Crippen LogP contribution in [0.4, 0.5) is 17.6 Å². The zero-order valence-corrected chi connectivity index (χ0v) is 9.86. The average Bonchev–Trinajstić information content (AvgIpc) is 2.32. The number of nitrogens with two attached hydrogens (primary N) is 1. The van der Waals surface area contributed by atoms with Gasteiger partial charge in [0, 0.05) is 19.5 Å². The first-order chi connectivity index (χ1) is 8.58. The van der Waals surface area contributed by atoms with Crippen LogP contribution in [0.1, 0.15) is 12.8 Å². The Morgan fingerprint density at radius 2 is 2.11 bits per heavy atom. The summed E-state index contributed by atoms with van der Waals surface area (Å²) >= 11 is 0. The molecule has 5 N–H and O–H groups in total. The van der Waals surface area contributed by atoms with Gasteiger partial charge in [-0.1, -0.05) is 0 Å². The first-order valence-electron chi connectivity index (χ1n) is 5.51. The van der Waals surface area contributed by atoms with Gasteiger partial charge in [0.05, 0.1) is 0 Å². The molecule has 0 bridgehead atoms. The van der Waals surface area contributed by atoms with Crippen LogP contribution in [0, 0.1) is 0 Å². The van der Waals surface area contributed by atoms with Crippen molar-refractivity contribution in [3.05, 3.63) is 6.07 Å². The van der Waals surface area contributed by atoms with Crippen molar-refractivity contribution in [1.29, 1.82) is 0 Å². The molecule has 1 aromatic heterocycles. The largest absolute Gasteiger partial charge is 0.373 e. The van der Waals surface area contributed by atoms with Crippen LogP contribution in [0.3, 0.4) is 0 Å². The van der Waals surface area contributed by atoms with Gasteiger partial charge in [0.25, 0.3) is 0 Å². The first-order valence-corrected chi connectivity index (χ1v) is 5.51. The van der Waals surface area contributed by atoms with E-state index in [0.29, 0.717) is 24.5 Å². The predicted molar refractivity (Wildman–Crippen MR) is 65.8 cm³/mol. The molecule has 8 heteroatoms. The monoisotopic (exact) mass is 250 g/mol. The van der Waals surface area contributed by atoms with Gasteiger partial charge in [0.1, 0.15) is 17.7 Å².